The zero-order chi connectivity index (χ0) is 11.5. The summed E-state index contributed by atoms with van der Waals surface area (Å²) in [6.45, 7) is 1.98. The molecule has 0 aliphatic carbocycles. The Hall–Kier alpha value is -0.680. The Kier molecular flexibility index (Phi) is 4.04. The largest absolute Gasteiger partial charge is 0.462 e. The van der Waals surface area contributed by atoms with Crippen LogP contribution in [0.25, 0.3) is 0 Å². The van der Waals surface area contributed by atoms with Gasteiger partial charge in [0, 0.05) is 0 Å². The van der Waals surface area contributed by atoms with Gasteiger partial charge in [-0.3, -0.25) is 4.57 Å². The smallest absolute Gasteiger partial charge is 0.348 e. The SMILES string of the molecule is CCOC(=O)c1cc(CP(=O)(O)O)cs1. The summed E-state index contributed by atoms with van der Waals surface area (Å²) in [5.41, 5.74) is 0.455. The molecule has 15 heavy (non-hydrogen) atoms. The predicted molar refractivity (Wildman–Crippen MR) is 56.0 cm³/mol. The maximum atomic E-state index is 11.2. The summed E-state index contributed by atoms with van der Waals surface area (Å²) >= 11 is 1.12. The quantitative estimate of drug-likeness (QED) is 0.626. The molecule has 0 radical (unpaired) electrons. The summed E-state index contributed by atoms with van der Waals surface area (Å²) in [5, 5.41) is 1.55. The molecule has 5 nitrogen and oxygen atoms in total. The average Bonchev–Trinajstić information content (AvgIpc) is 2.50. The number of hydrogen-bond donors (Lipinski definition) is 2. The molecule has 0 aliphatic heterocycles. The van der Waals surface area contributed by atoms with Gasteiger partial charge in [0.05, 0.1) is 12.8 Å². The Labute approximate surface area is 90.9 Å². The van der Waals surface area contributed by atoms with Gasteiger partial charge >= 0.3 is 13.6 Å². The third kappa shape index (κ3) is 4.13. The summed E-state index contributed by atoms with van der Waals surface area (Å²) in [6, 6.07) is 1.45. The molecule has 2 N–H and O–H groups in total. The lowest BCUT2D eigenvalue weighted by molar-refractivity contribution is 0.0532. The Bertz CT molecular complexity index is 393. The van der Waals surface area contributed by atoms with Crippen molar-refractivity contribution in [2.75, 3.05) is 6.61 Å². The Balaban J connectivity index is 2.72. The summed E-state index contributed by atoms with van der Waals surface area (Å²) in [6.07, 6.45) is -0.344. The zero-order valence-electron chi connectivity index (χ0n) is 8.04. The first-order valence-electron chi connectivity index (χ1n) is 4.21. The highest BCUT2D eigenvalue weighted by molar-refractivity contribution is 7.50. The van der Waals surface area contributed by atoms with Crippen molar-refractivity contribution in [1.29, 1.82) is 0 Å². The highest BCUT2D eigenvalue weighted by atomic mass is 32.1. The Morgan fingerprint density at radius 1 is 1.60 bits per heavy atom. The van der Waals surface area contributed by atoms with Crippen molar-refractivity contribution >= 4 is 24.9 Å². The molecule has 0 aromatic carbocycles. The topological polar surface area (TPSA) is 83.8 Å². The van der Waals surface area contributed by atoms with Gasteiger partial charge in [0.25, 0.3) is 0 Å². The third-order valence-electron chi connectivity index (χ3n) is 1.52. The fourth-order valence-corrected chi connectivity index (χ4v) is 2.59. The van der Waals surface area contributed by atoms with Crippen molar-refractivity contribution in [2.24, 2.45) is 0 Å². The standard InChI is InChI=1S/C8H11O5PS/c1-2-13-8(9)7-3-6(5-15-7)4-14(10,11)12/h3,5H,2,4H2,1H3,(H2,10,11,12). The van der Waals surface area contributed by atoms with Crippen LogP contribution in [0.15, 0.2) is 11.4 Å². The van der Waals surface area contributed by atoms with Gasteiger partial charge in [-0.05, 0) is 23.9 Å². The molecule has 84 valence electrons. The summed E-state index contributed by atoms with van der Waals surface area (Å²) in [4.78, 5) is 29.0. The second kappa shape index (κ2) is 4.90. The highest BCUT2D eigenvalue weighted by Crippen LogP contribution is 2.40. The Morgan fingerprint density at radius 3 is 2.80 bits per heavy atom. The molecule has 0 aliphatic rings. The summed E-state index contributed by atoms with van der Waals surface area (Å²) in [7, 11) is -4.07. The molecule has 1 heterocycles. The molecule has 1 rings (SSSR count). The van der Waals surface area contributed by atoms with Gasteiger partial charge in [-0.1, -0.05) is 0 Å². The molecule has 7 heteroatoms. The summed E-state index contributed by atoms with van der Waals surface area (Å²) < 4.78 is 15.4. The first-order chi connectivity index (χ1) is 6.92. The van der Waals surface area contributed by atoms with Gasteiger partial charge < -0.3 is 14.5 Å². The number of ether oxygens (including phenoxy) is 1. The maximum absolute atomic E-state index is 11.2. The van der Waals surface area contributed by atoms with E-state index in [0.717, 1.165) is 11.3 Å². The molecule has 1 aromatic rings. The van der Waals surface area contributed by atoms with Crippen molar-refractivity contribution in [2.45, 2.75) is 13.1 Å². The van der Waals surface area contributed by atoms with Crippen LogP contribution < -0.4 is 0 Å². The molecular weight excluding hydrogens is 239 g/mol. The first-order valence-corrected chi connectivity index (χ1v) is 6.89. The van der Waals surface area contributed by atoms with Gasteiger partial charge in [-0.2, -0.15) is 0 Å². The minimum atomic E-state index is -4.07. The van der Waals surface area contributed by atoms with Crippen molar-refractivity contribution in [1.82, 2.24) is 0 Å². The van der Waals surface area contributed by atoms with Crippen LogP contribution in [0.2, 0.25) is 0 Å². The minimum absolute atomic E-state index is 0.282. The Morgan fingerprint density at radius 2 is 2.27 bits per heavy atom. The zero-order valence-corrected chi connectivity index (χ0v) is 9.75. The fourth-order valence-electron chi connectivity index (χ4n) is 1.01. The molecule has 0 fully saturated rings. The van der Waals surface area contributed by atoms with E-state index in [1.54, 1.807) is 12.3 Å². The van der Waals surface area contributed by atoms with E-state index in [4.69, 9.17) is 14.5 Å². The number of carbonyl (C=O) groups is 1. The fraction of sp³-hybridized carbons (Fsp3) is 0.375. The van der Waals surface area contributed by atoms with Gasteiger partial charge in [0.2, 0.25) is 0 Å². The van der Waals surface area contributed by atoms with E-state index in [-0.39, 0.29) is 12.8 Å². The van der Waals surface area contributed by atoms with Crippen LogP contribution in [0, 0.1) is 0 Å². The molecule has 0 saturated carbocycles. The third-order valence-corrected chi connectivity index (χ3v) is 3.26. The van der Waals surface area contributed by atoms with Crippen LogP contribution in [0.4, 0.5) is 0 Å². The van der Waals surface area contributed by atoms with E-state index in [2.05, 4.69) is 0 Å². The van der Waals surface area contributed by atoms with Gasteiger partial charge in [0.1, 0.15) is 4.88 Å². The second-order valence-corrected chi connectivity index (χ2v) is 5.42. The first kappa shape index (κ1) is 12.4. The van der Waals surface area contributed by atoms with Crippen molar-refractivity contribution < 1.29 is 23.9 Å². The average molecular weight is 250 g/mol. The molecule has 1 aromatic heterocycles. The van der Waals surface area contributed by atoms with Crippen molar-refractivity contribution in [3.8, 4) is 0 Å². The van der Waals surface area contributed by atoms with Crippen LogP contribution >= 0.6 is 18.9 Å². The van der Waals surface area contributed by atoms with Crippen LogP contribution in [-0.4, -0.2) is 22.4 Å². The molecule has 0 unspecified atom stereocenters. The minimum Gasteiger partial charge on any atom is -0.462 e. The molecule has 0 atom stereocenters. The van der Waals surface area contributed by atoms with Crippen LogP contribution in [0.1, 0.15) is 22.2 Å². The number of rotatable bonds is 4. The maximum Gasteiger partial charge on any atom is 0.348 e. The lowest BCUT2D eigenvalue weighted by Crippen LogP contribution is -2.01. The highest BCUT2D eigenvalue weighted by Gasteiger charge is 2.17. The van der Waals surface area contributed by atoms with Gasteiger partial charge in [0.15, 0.2) is 0 Å². The molecule has 0 spiro atoms. The van der Waals surface area contributed by atoms with Crippen LogP contribution in [0.3, 0.4) is 0 Å². The second-order valence-electron chi connectivity index (χ2n) is 2.86. The van der Waals surface area contributed by atoms with Crippen LogP contribution in [0.5, 0.6) is 0 Å². The van der Waals surface area contributed by atoms with Gasteiger partial charge in [-0.25, -0.2) is 4.79 Å². The monoisotopic (exact) mass is 250 g/mol. The van der Waals surface area contributed by atoms with E-state index in [1.165, 1.54) is 6.07 Å². The number of hydrogen-bond acceptors (Lipinski definition) is 4. The van der Waals surface area contributed by atoms with E-state index < -0.39 is 13.6 Å². The molecule has 0 bridgehead atoms. The predicted octanol–water partition coefficient (Wildman–Crippen LogP) is 1.60. The van der Waals surface area contributed by atoms with Crippen molar-refractivity contribution in [3.05, 3.63) is 21.9 Å². The lowest BCUT2D eigenvalue weighted by atomic mass is 10.3. The van der Waals surface area contributed by atoms with Gasteiger partial charge in [-0.15, -0.1) is 11.3 Å². The van der Waals surface area contributed by atoms with Crippen LogP contribution in [-0.2, 0) is 15.5 Å². The number of esters is 1. The van der Waals surface area contributed by atoms with Crippen molar-refractivity contribution in [3.63, 3.8) is 0 Å². The van der Waals surface area contributed by atoms with E-state index >= 15 is 0 Å². The normalized spacial score (nSPS) is 11.4. The molecule has 0 amide bonds. The number of thiophene rings is 1. The summed E-state index contributed by atoms with van der Waals surface area (Å²) in [5.74, 6) is -0.459. The molecule has 0 saturated heterocycles. The van der Waals surface area contributed by atoms with E-state index in [9.17, 15) is 9.36 Å². The van der Waals surface area contributed by atoms with E-state index in [0.29, 0.717) is 10.4 Å². The van der Waals surface area contributed by atoms with E-state index in [1.807, 2.05) is 0 Å². The lowest BCUT2D eigenvalue weighted by Gasteiger charge is -1.99. The molecular formula is C8H11O5PS. The number of carbonyl (C=O) groups excluding carboxylic acids is 1.